The maximum atomic E-state index is 12.3. The third-order valence-corrected chi connectivity index (χ3v) is 6.78. The van der Waals surface area contributed by atoms with E-state index in [0.29, 0.717) is 12.8 Å². The molecule has 110 valence electrons. The second kappa shape index (κ2) is 5.15. The smallest absolute Gasteiger partial charge is 0.119 e. The molecule has 2 heterocycles. The first-order chi connectivity index (χ1) is 9.51. The van der Waals surface area contributed by atoms with Crippen molar-refractivity contribution in [3.63, 3.8) is 0 Å². The summed E-state index contributed by atoms with van der Waals surface area (Å²) in [6.07, 6.45) is 4.34. The normalized spacial score (nSPS) is 36.6. The number of hydrogen-bond acceptors (Lipinski definition) is 3. The molecular weight excluding hydrogens is 272 g/mol. The van der Waals surface area contributed by atoms with Gasteiger partial charge in [0.05, 0.1) is 12.7 Å². The molecule has 2 unspecified atom stereocenters. The van der Waals surface area contributed by atoms with E-state index in [9.17, 15) is 9.32 Å². The topological polar surface area (TPSA) is 46.5 Å². The second-order valence-electron chi connectivity index (χ2n) is 6.18. The minimum Gasteiger partial charge on any atom is -0.497 e. The maximum Gasteiger partial charge on any atom is 0.119 e. The van der Waals surface area contributed by atoms with Crippen LogP contribution in [-0.2, 0) is 16.4 Å². The number of ether oxygens (including phenoxy) is 1. The van der Waals surface area contributed by atoms with Gasteiger partial charge in [0.2, 0.25) is 0 Å². The lowest BCUT2D eigenvalue weighted by Crippen LogP contribution is -2.47. The van der Waals surface area contributed by atoms with E-state index in [1.165, 1.54) is 0 Å². The fraction of sp³-hybridized carbons (Fsp3) is 0.625. The van der Waals surface area contributed by atoms with E-state index in [2.05, 4.69) is 0 Å². The molecule has 0 radical (unpaired) electrons. The van der Waals surface area contributed by atoms with Crippen LogP contribution in [0.2, 0.25) is 0 Å². The molecule has 4 heteroatoms. The first kappa shape index (κ1) is 14.1. The number of rotatable bonds is 2. The van der Waals surface area contributed by atoms with Gasteiger partial charge in [0.25, 0.3) is 0 Å². The fourth-order valence-electron chi connectivity index (χ4n) is 3.65. The summed E-state index contributed by atoms with van der Waals surface area (Å²) in [5.41, 5.74) is 1.16. The summed E-state index contributed by atoms with van der Waals surface area (Å²) in [7, 11) is 0.886. The van der Waals surface area contributed by atoms with E-state index in [1.54, 1.807) is 7.11 Å². The van der Waals surface area contributed by atoms with Gasteiger partial charge in [-0.1, -0.05) is 12.5 Å². The molecule has 2 aliphatic rings. The Morgan fingerprint density at radius 1 is 1.25 bits per heavy atom. The van der Waals surface area contributed by atoms with Crippen molar-refractivity contribution in [2.24, 2.45) is 0 Å². The Kier molecular flexibility index (Phi) is 3.63. The van der Waals surface area contributed by atoms with Crippen LogP contribution in [0.4, 0.5) is 0 Å². The lowest BCUT2D eigenvalue weighted by Gasteiger charge is -2.44. The van der Waals surface area contributed by atoms with Crippen LogP contribution in [0.25, 0.3) is 0 Å². The number of benzene rings is 1. The van der Waals surface area contributed by atoms with E-state index >= 15 is 0 Å². The molecule has 2 aliphatic heterocycles. The van der Waals surface area contributed by atoms with Gasteiger partial charge in [-0.2, -0.15) is 0 Å². The molecule has 0 spiro atoms. The molecule has 2 fully saturated rings. The number of fused-ring (bicyclic) bond motifs is 2. The zero-order chi connectivity index (χ0) is 14.3. The van der Waals surface area contributed by atoms with E-state index in [4.69, 9.17) is 4.74 Å². The van der Waals surface area contributed by atoms with Gasteiger partial charge in [-0.05, 0) is 55.9 Å². The van der Waals surface area contributed by atoms with Gasteiger partial charge in [-0.25, -0.2) is 0 Å². The molecular formula is C16H22O3S. The standard InChI is InChI=1S/C16H22O3S/c1-11-6-12(8-13(7-11)19-2)16(17)9-14-4-3-5-15(10-16)20(14)18/h6-8,14-15,17H,3-5,9-10H2,1-2H3. The predicted octanol–water partition coefficient (Wildman–Crippen LogP) is 2.65. The zero-order valence-electron chi connectivity index (χ0n) is 12.1. The van der Waals surface area contributed by atoms with E-state index in [1.807, 2.05) is 25.1 Å². The minimum atomic E-state index is -0.844. The Hall–Kier alpha value is -0.870. The average Bonchev–Trinajstić information content (AvgIpc) is 2.40. The highest BCUT2D eigenvalue weighted by molar-refractivity contribution is 7.86. The summed E-state index contributed by atoms with van der Waals surface area (Å²) in [6.45, 7) is 2.01. The Bertz CT molecular complexity index is 525. The SMILES string of the molecule is COc1cc(C)cc(C2(O)CC3CCCC(C2)S3=O)c1. The van der Waals surface area contributed by atoms with Gasteiger partial charge < -0.3 is 9.84 Å². The molecule has 0 saturated carbocycles. The summed E-state index contributed by atoms with van der Waals surface area (Å²) in [6, 6.07) is 5.93. The minimum absolute atomic E-state index is 0.152. The largest absolute Gasteiger partial charge is 0.497 e. The highest BCUT2D eigenvalue weighted by Crippen LogP contribution is 2.45. The van der Waals surface area contributed by atoms with E-state index in [0.717, 1.165) is 36.1 Å². The molecule has 20 heavy (non-hydrogen) atoms. The molecule has 2 bridgehead atoms. The molecule has 3 nitrogen and oxygen atoms in total. The van der Waals surface area contributed by atoms with Crippen molar-refractivity contribution >= 4 is 10.8 Å². The van der Waals surface area contributed by atoms with Crippen LogP contribution in [-0.4, -0.2) is 26.9 Å². The van der Waals surface area contributed by atoms with Gasteiger partial charge in [-0.15, -0.1) is 0 Å². The molecule has 0 aromatic heterocycles. The van der Waals surface area contributed by atoms with Gasteiger partial charge >= 0.3 is 0 Å². The summed E-state index contributed by atoms with van der Waals surface area (Å²) in [5, 5.41) is 11.4. The Morgan fingerprint density at radius 2 is 1.90 bits per heavy atom. The highest BCUT2D eigenvalue weighted by atomic mass is 32.2. The van der Waals surface area contributed by atoms with Crippen LogP contribution in [0.3, 0.4) is 0 Å². The number of hydrogen-bond donors (Lipinski definition) is 1. The van der Waals surface area contributed by atoms with Crippen LogP contribution in [0, 0.1) is 6.92 Å². The first-order valence-corrected chi connectivity index (χ1v) is 8.57. The van der Waals surface area contributed by atoms with Gasteiger partial charge in [0.15, 0.2) is 0 Å². The number of aliphatic hydroxyl groups is 1. The highest BCUT2D eigenvalue weighted by Gasteiger charge is 2.46. The molecule has 2 atom stereocenters. The average molecular weight is 294 g/mol. The molecule has 1 N–H and O–H groups in total. The van der Waals surface area contributed by atoms with Gasteiger partial charge in [-0.3, -0.25) is 4.21 Å². The van der Waals surface area contributed by atoms with Crippen LogP contribution in [0.1, 0.15) is 43.2 Å². The van der Waals surface area contributed by atoms with Crippen LogP contribution in [0.5, 0.6) is 5.75 Å². The van der Waals surface area contributed by atoms with Crippen molar-refractivity contribution in [2.75, 3.05) is 7.11 Å². The van der Waals surface area contributed by atoms with Crippen molar-refractivity contribution in [1.29, 1.82) is 0 Å². The van der Waals surface area contributed by atoms with Crippen molar-refractivity contribution in [3.8, 4) is 5.75 Å². The van der Waals surface area contributed by atoms with Gasteiger partial charge in [0.1, 0.15) is 5.75 Å². The lowest BCUT2D eigenvalue weighted by molar-refractivity contribution is 0.00632. The van der Waals surface area contributed by atoms with Crippen molar-refractivity contribution in [1.82, 2.24) is 0 Å². The molecule has 1 aromatic rings. The Morgan fingerprint density at radius 3 is 2.50 bits per heavy atom. The third kappa shape index (κ3) is 2.40. The third-order valence-electron chi connectivity index (χ3n) is 4.66. The van der Waals surface area contributed by atoms with E-state index in [-0.39, 0.29) is 10.5 Å². The quantitative estimate of drug-likeness (QED) is 0.912. The zero-order valence-corrected chi connectivity index (χ0v) is 12.9. The summed E-state index contributed by atoms with van der Waals surface area (Å²) < 4.78 is 17.6. The molecule has 0 amide bonds. The Balaban J connectivity index is 1.96. The molecule has 3 rings (SSSR count). The molecule has 1 aromatic carbocycles. The van der Waals surface area contributed by atoms with Crippen molar-refractivity contribution in [3.05, 3.63) is 29.3 Å². The predicted molar refractivity (Wildman–Crippen MR) is 80.4 cm³/mol. The summed E-state index contributed by atoms with van der Waals surface area (Å²) >= 11 is 0. The Labute approximate surface area is 122 Å². The first-order valence-electron chi connectivity index (χ1n) is 7.30. The van der Waals surface area contributed by atoms with Crippen LogP contribution < -0.4 is 4.74 Å². The number of methoxy groups -OCH3 is 1. The molecule has 2 saturated heterocycles. The maximum absolute atomic E-state index is 12.3. The van der Waals surface area contributed by atoms with Gasteiger partial charge in [0, 0.05) is 21.3 Å². The monoisotopic (exact) mass is 294 g/mol. The van der Waals surface area contributed by atoms with Crippen molar-refractivity contribution in [2.45, 2.75) is 55.1 Å². The van der Waals surface area contributed by atoms with Crippen molar-refractivity contribution < 1.29 is 14.1 Å². The lowest BCUT2D eigenvalue weighted by atomic mass is 9.80. The summed E-state index contributed by atoms with van der Waals surface area (Å²) in [5.74, 6) is 0.783. The summed E-state index contributed by atoms with van der Waals surface area (Å²) in [4.78, 5) is 0. The fourth-order valence-corrected chi connectivity index (χ4v) is 5.88. The van der Waals surface area contributed by atoms with E-state index < -0.39 is 16.4 Å². The second-order valence-corrected chi connectivity index (χ2v) is 8.17. The van der Waals surface area contributed by atoms with Crippen LogP contribution >= 0.6 is 0 Å². The molecule has 0 aliphatic carbocycles. The number of aryl methyl sites for hydroxylation is 1. The van der Waals surface area contributed by atoms with Crippen LogP contribution in [0.15, 0.2) is 18.2 Å².